The second-order valence-electron chi connectivity index (χ2n) is 3.97. The first kappa shape index (κ1) is 10.5. The van der Waals surface area contributed by atoms with Crippen LogP contribution in [-0.4, -0.2) is 14.6 Å². The molecule has 16 heavy (non-hydrogen) atoms. The van der Waals surface area contributed by atoms with E-state index >= 15 is 0 Å². The number of imidazole rings is 1. The van der Waals surface area contributed by atoms with E-state index in [1.54, 1.807) is 12.4 Å². The van der Waals surface area contributed by atoms with Gasteiger partial charge in [0.05, 0.1) is 0 Å². The number of pyridine rings is 1. The van der Waals surface area contributed by atoms with Crippen LogP contribution in [0.4, 0.5) is 5.82 Å². The minimum absolute atomic E-state index is 0.234. The Kier molecular flexibility index (Phi) is 2.52. The highest BCUT2D eigenvalue weighted by molar-refractivity contribution is 5.70. The summed E-state index contributed by atoms with van der Waals surface area (Å²) in [6.07, 6.45) is 3.44. The number of anilines is 1. The lowest BCUT2D eigenvalue weighted by atomic mass is 10.2. The van der Waals surface area contributed by atoms with Gasteiger partial charge in [0.25, 0.3) is 0 Å². The zero-order valence-corrected chi connectivity index (χ0v) is 9.38. The molecule has 0 fully saturated rings. The Balaban J connectivity index is 2.55. The summed E-state index contributed by atoms with van der Waals surface area (Å²) in [7, 11) is 0. The van der Waals surface area contributed by atoms with Gasteiger partial charge in [-0.15, -0.1) is 0 Å². The quantitative estimate of drug-likeness (QED) is 0.744. The highest BCUT2D eigenvalue weighted by Gasteiger charge is 2.16. The van der Waals surface area contributed by atoms with E-state index in [2.05, 4.69) is 9.97 Å². The summed E-state index contributed by atoms with van der Waals surface area (Å²) in [5, 5.41) is 0. The van der Waals surface area contributed by atoms with Crippen molar-refractivity contribution >= 4 is 5.82 Å². The van der Waals surface area contributed by atoms with Gasteiger partial charge in [0, 0.05) is 23.9 Å². The third kappa shape index (κ3) is 1.60. The number of aromatic nitrogens is 3. The Morgan fingerprint density at radius 1 is 1.38 bits per heavy atom. The van der Waals surface area contributed by atoms with Crippen LogP contribution < -0.4 is 11.6 Å². The van der Waals surface area contributed by atoms with Gasteiger partial charge in [-0.2, -0.15) is 0 Å². The van der Waals surface area contributed by atoms with Crippen LogP contribution in [0.2, 0.25) is 0 Å². The molecule has 84 valence electrons. The molecule has 0 bridgehead atoms. The summed E-state index contributed by atoms with van der Waals surface area (Å²) in [6, 6.07) is 3.76. The van der Waals surface area contributed by atoms with E-state index in [1.165, 1.54) is 4.68 Å². The molecule has 0 saturated heterocycles. The monoisotopic (exact) mass is 217 g/mol. The normalized spacial score (nSPS) is 10.9. The van der Waals surface area contributed by atoms with Crippen molar-refractivity contribution in [3.8, 4) is 11.3 Å². The van der Waals surface area contributed by atoms with Crippen molar-refractivity contribution in [1.82, 2.24) is 14.6 Å². The van der Waals surface area contributed by atoms with Crippen molar-refractivity contribution in [2.45, 2.75) is 19.8 Å². The number of nitrogens with zero attached hydrogens (tertiary/aromatic N) is 3. The van der Waals surface area contributed by atoms with Crippen molar-refractivity contribution in [2.75, 3.05) is 11.6 Å². The minimum Gasteiger partial charge on any atom is -0.382 e. The van der Waals surface area contributed by atoms with Crippen LogP contribution in [0.1, 0.15) is 25.6 Å². The maximum atomic E-state index is 5.92. The molecule has 2 aromatic heterocycles. The molecular formula is C11H15N5. The van der Waals surface area contributed by atoms with Crippen LogP contribution in [0.5, 0.6) is 0 Å². The predicted octanol–water partition coefficient (Wildman–Crippen LogP) is 1.36. The topological polar surface area (TPSA) is 82.8 Å². The first-order valence-electron chi connectivity index (χ1n) is 5.15. The molecule has 0 radical (unpaired) electrons. The molecule has 0 aliphatic carbocycles. The molecule has 5 nitrogen and oxygen atoms in total. The van der Waals surface area contributed by atoms with E-state index in [9.17, 15) is 0 Å². The van der Waals surface area contributed by atoms with Crippen LogP contribution >= 0.6 is 0 Å². The molecule has 2 aromatic rings. The molecule has 0 unspecified atom stereocenters. The van der Waals surface area contributed by atoms with Crippen LogP contribution in [0.3, 0.4) is 0 Å². The second-order valence-corrected chi connectivity index (χ2v) is 3.97. The average Bonchev–Trinajstić information content (AvgIpc) is 2.58. The first-order valence-corrected chi connectivity index (χ1v) is 5.15. The molecule has 0 aliphatic rings. The molecule has 0 aromatic carbocycles. The van der Waals surface area contributed by atoms with Gasteiger partial charge < -0.3 is 11.6 Å². The van der Waals surface area contributed by atoms with Crippen LogP contribution in [0.15, 0.2) is 24.5 Å². The molecular weight excluding hydrogens is 202 g/mol. The van der Waals surface area contributed by atoms with Gasteiger partial charge in [0.15, 0.2) is 5.82 Å². The van der Waals surface area contributed by atoms with Crippen molar-refractivity contribution in [3.05, 3.63) is 30.4 Å². The molecule has 0 saturated carbocycles. The van der Waals surface area contributed by atoms with Gasteiger partial charge in [0.2, 0.25) is 0 Å². The van der Waals surface area contributed by atoms with E-state index < -0.39 is 0 Å². The third-order valence-electron chi connectivity index (χ3n) is 2.43. The number of hydrogen-bond donors (Lipinski definition) is 2. The lowest BCUT2D eigenvalue weighted by molar-refractivity contribution is 0.739. The predicted molar refractivity (Wildman–Crippen MR) is 64.1 cm³/mol. The molecule has 5 heteroatoms. The molecule has 4 N–H and O–H groups in total. The van der Waals surface area contributed by atoms with Gasteiger partial charge in [-0.3, -0.25) is 4.98 Å². The lowest BCUT2D eigenvalue weighted by Gasteiger charge is -2.04. The maximum absolute atomic E-state index is 5.92. The van der Waals surface area contributed by atoms with Crippen LogP contribution in [-0.2, 0) is 0 Å². The fourth-order valence-corrected chi connectivity index (χ4v) is 1.59. The van der Waals surface area contributed by atoms with Crippen molar-refractivity contribution < 1.29 is 0 Å². The van der Waals surface area contributed by atoms with Crippen molar-refractivity contribution in [2.24, 2.45) is 0 Å². The van der Waals surface area contributed by atoms with Gasteiger partial charge >= 0.3 is 0 Å². The fraction of sp³-hybridized carbons (Fsp3) is 0.273. The Morgan fingerprint density at radius 2 is 2.12 bits per heavy atom. The Labute approximate surface area is 94.1 Å². The number of nitrogens with two attached hydrogens (primary N) is 2. The summed E-state index contributed by atoms with van der Waals surface area (Å²) in [4.78, 5) is 8.49. The third-order valence-corrected chi connectivity index (χ3v) is 2.43. The summed E-state index contributed by atoms with van der Waals surface area (Å²) in [5.41, 5.74) is 7.50. The minimum atomic E-state index is 0.234. The van der Waals surface area contributed by atoms with Crippen molar-refractivity contribution in [3.63, 3.8) is 0 Å². The lowest BCUT2D eigenvalue weighted by Crippen LogP contribution is -2.16. The molecule has 0 spiro atoms. The standard InChI is InChI=1S/C11H15N5/c1-7(2)11-15-9(10(12)16(11)13)8-4-3-5-14-6-8/h3-7H,12-13H2,1-2H3. The number of hydrogen-bond acceptors (Lipinski definition) is 4. The van der Waals surface area contributed by atoms with Gasteiger partial charge in [0.1, 0.15) is 11.5 Å². The maximum Gasteiger partial charge on any atom is 0.150 e. The Bertz CT molecular complexity index is 487. The highest BCUT2D eigenvalue weighted by atomic mass is 15.4. The largest absolute Gasteiger partial charge is 0.382 e. The zero-order valence-electron chi connectivity index (χ0n) is 9.38. The second kappa shape index (κ2) is 3.84. The molecule has 0 aliphatic heterocycles. The number of nitrogen functional groups attached to an aromatic ring is 2. The van der Waals surface area contributed by atoms with Crippen LogP contribution in [0, 0.1) is 0 Å². The molecule has 2 rings (SSSR count). The first-order chi connectivity index (χ1) is 7.61. The van der Waals surface area contributed by atoms with E-state index in [1.807, 2.05) is 26.0 Å². The molecule has 0 atom stereocenters. The SMILES string of the molecule is CC(C)c1nc(-c2cccnc2)c(N)n1N. The van der Waals surface area contributed by atoms with E-state index in [0.717, 1.165) is 11.4 Å². The van der Waals surface area contributed by atoms with Crippen molar-refractivity contribution in [1.29, 1.82) is 0 Å². The van der Waals surface area contributed by atoms with Crippen LogP contribution in [0.25, 0.3) is 11.3 Å². The summed E-state index contributed by atoms with van der Waals surface area (Å²) in [5.74, 6) is 7.33. The van der Waals surface area contributed by atoms with E-state index in [0.29, 0.717) is 11.5 Å². The fourth-order valence-electron chi connectivity index (χ4n) is 1.59. The average molecular weight is 217 g/mol. The van der Waals surface area contributed by atoms with E-state index in [4.69, 9.17) is 11.6 Å². The Hall–Kier alpha value is -2.04. The van der Waals surface area contributed by atoms with E-state index in [-0.39, 0.29) is 5.92 Å². The zero-order chi connectivity index (χ0) is 11.7. The molecule has 2 heterocycles. The summed E-state index contributed by atoms with van der Waals surface area (Å²) >= 11 is 0. The summed E-state index contributed by atoms with van der Waals surface area (Å²) < 4.78 is 1.44. The summed E-state index contributed by atoms with van der Waals surface area (Å²) in [6.45, 7) is 4.05. The Morgan fingerprint density at radius 3 is 2.62 bits per heavy atom. The van der Waals surface area contributed by atoms with Gasteiger partial charge in [-0.05, 0) is 12.1 Å². The molecule has 0 amide bonds. The van der Waals surface area contributed by atoms with Gasteiger partial charge in [-0.1, -0.05) is 13.8 Å². The highest BCUT2D eigenvalue weighted by Crippen LogP contribution is 2.26. The number of rotatable bonds is 2. The van der Waals surface area contributed by atoms with Gasteiger partial charge in [-0.25, -0.2) is 9.66 Å². The smallest absolute Gasteiger partial charge is 0.150 e.